The summed E-state index contributed by atoms with van der Waals surface area (Å²) in [6.45, 7) is 9.89. The van der Waals surface area contributed by atoms with E-state index in [1.54, 1.807) is 19.2 Å². The fourth-order valence-corrected chi connectivity index (χ4v) is 7.64. The number of fused-ring (bicyclic) bond motifs is 1. The predicted octanol–water partition coefficient (Wildman–Crippen LogP) is 6.84. The number of amides is 1. The number of likely N-dealkylation sites (tertiary alicyclic amines) is 1. The van der Waals surface area contributed by atoms with Gasteiger partial charge in [0.15, 0.2) is 0 Å². The van der Waals surface area contributed by atoms with E-state index in [2.05, 4.69) is 44.7 Å². The maximum absolute atomic E-state index is 14.0. The Morgan fingerprint density at radius 3 is 2.65 bits per heavy atom. The highest BCUT2D eigenvalue weighted by molar-refractivity contribution is 6.42. The summed E-state index contributed by atoms with van der Waals surface area (Å²) in [7, 11) is 1.57. The quantitative estimate of drug-likeness (QED) is 0.149. The number of hydrogen-bond donors (Lipinski definition) is 0. The second-order valence-electron chi connectivity index (χ2n) is 12.9. The Balaban J connectivity index is 1.19. The first kappa shape index (κ1) is 35.0. The van der Waals surface area contributed by atoms with Gasteiger partial charge in [0, 0.05) is 51.3 Å². The van der Waals surface area contributed by atoms with Gasteiger partial charge in [-0.1, -0.05) is 47.5 Å². The SMILES string of the molecule is CCOCCn1c(N2CCCN(CCC3(c4ccc(Cl)c(Cl)c4)CCN(C(=O)c4cc(CC#N)ccc4OC)C3)CC2)nc2ccccc21. The number of carbonyl (C=O) groups excluding carboxylic acids is 1. The Morgan fingerprint density at radius 1 is 1.00 bits per heavy atom. The molecule has 3 aromatic carbocycles. The van der Waals surface area contributed by atoms with Crippen LogP contribution >= 0.6 is 23.2 Å². The first-order valence-electron chi connectivity index (χ1n) is 17.1. The molecule has 0 bridgehead atoms. The number of benzene rings is 3. The van der Waals surface area contributed by atoms with E-state index < -0.39 is 0 Å². The Morgan fingerprint density at radius 2 is 1.86 bits per heavy atom. The minimum Gasteiger partial charge on any atom is -0.496 e. The van der Waals surface area contributed by atoms with Gasteiger partial charge < -0.3 is 28.7 Å². The molecule has 1 aromatic heterocycles. The van der Waals surface area contributed by atoms with Gasteiger partial charge in [-0.25, -0.2) is 4.98 Å². The average Bonchev–Trinajstić information content (AvgIpc) is 3.63. The standard InChI is InChI=1S/C38H44Cl2N6O3/c1-3-49-24-23-46-34-8-5-4-7-33(34)42-37(46)44-18-6-17-43(21-22-44)19-14-38(29-10-11-31(39)32(40)26-29)15-20-45(27-38)36(47)30-25-28(13-16-41)9-12-35(30)48-2/h4-5,7-12,25-26H,3,6,13-15,17-24,27H2,1-2H3. The van der Waals surface area contributed by atoms with Crippen LogP contribution in [0.2, 0.25) is 10.0 Å². The normalized spacial score (nSPS) is 18.5. The second-order valence-corrected chi connectivity index (χ2v) is 13.8. The molecule has 0 saturated carbocycles. The van der Waals surface area contributed by atoms with E-state index in [1.807, 2.05) is 36.1 Å². The maximum atomic E-state index is 14.0. The van der Waals surface area contributed by atoms with Crippen molar-refractivity contribution in [2.75, 3.05) is 71.0 Å². The molecule has 1 amide bonds. The number of hydrogen-bond acceptors (Lipinski definition) is 7. The lowest BCUT2D eigenvalue weighted by Gasteiger charge is -2.33. The molecule has 2 saturated heterocycles. The van der Waals surface area contributed by atoms with Crippen molar-refractivity contribution in [3.63, 3.8) is 0 Å². The van der Waals surface area contributed by atoms with Crippen molar-refractivity contribution in [3.8, 4) is 11.8 Å². The molecule has 1 unspecified atom stereocenters. The summed E-state index contributed by atoms with van der Waals surface area (Å²) >= 11 is 12.9. The van der Waals surface area contributed by atoms with Crippen LogP contribution in [-0.4, -0.2) is 91.4 Å². The fourth-order valence-electron chi connectivity index (χ4n) is 7.34. The highest BCUT2D eigenvalue weighted by Gasteiger charge is 2.42. The van der Waals surface area contributed by atoms with Crippen LogP contribution in [0, 0.1) is 11.3 Å². The number of methoxy groups -OCH3 is 1. The van der Waals surface area contributed by atoms with Crippen LogP contribution in [-0.2, 0) is 23.1 Å². The molecule has 2 aliphatic rings. The van der Waals surface area contributed by atoms with Crippen molar-refractivity contribution in [2.45, 2.75) is 44.6 Å². The molecule has 258 valence electrons. The zero-order valence-electron chi connectivity index (χ0n) is 28.3. The number of nitrogens with zero attached hydrogens (tertiary/aromatic N) is 6. The molecule has 49 heavy (non-hydrogen) atoms. The van der Waals surface area contributed by atoms with Crippen molar-refractivity contribution in [2.24, 2.45) is 0 Å². The number of imidazole rings is 1. The molecule has 4 aromatic rings. The van der Waals surface area contributed by atoms with Crippen molar-refractivity contribution in [1.29, 1.82) is 5.26 Å². The number of halogens is 2. The maximum Gasteiger partial charge on any atom is 0.257 e. The third-order valence-electron chi connectivity index (χ3n) is 10.0. The van der Waals surface area contributed by atoms with Gasteiger partial charge in [-0.15, -0.1) is 0 Å². The molecule has 0 N–H and O–H groups in total. The zero-order chi connectivity index (χ0) is 34.4. The third-order valence-corrected chi connectivity index (χ3v) is 10.8. The van der Waals surface area contributed by atoms with Gasteiger partial charge in [-0.05, 0) is 86.8 Å². The molecule has 0 spiro atoms. The first-order chi connectivity index (χ1) is 23.9. The highest BCUT2D eigenvalue weighted by Crippen LogP contribution is 2.41. The molecule has 3 heterocycles. The van der Waals surface area contributed by atoms with E-state index in [-0.39, 0.29) is 17.7 Å². The largest absolute Gasteiger partial charge is 0.496 e. The van der Waals surface area contributed by atoms with Gasteiger partial charge in [-0.3, -0.25) is 4.79 Å². The van der Waals surface area contributed by atoms with Crippen molar-refractivity contribution in [1.82, 2.24) is 19.4 Å². The summed E-state index contributed by atoms with van der Waals surface area (Å²) in [5, 5.41) is 10.3. The van der Waals surface area contributed by atoms with E-state index in [4.69, 9.17) is 37.7 Å². The monoisotopic (exact) mass is 702 g/mol. The number of nitriles is 1. The van der Waals surface area contributed by atoms with Gasteiger partial charge in [0.05, 0.1) is 52.8 Å². The lowest BCUT2D eigenvalue weighted by atomic mass is 9.76. The van der Waals surface area contributed by atoms with Crippen LogP contribution in [0.4, 0.5) is 5.95 Å². The van der Waals surface area contributed by atoms with E-state index in [0.717, 1.165) is 86.6 Å². The average molecular weight is 704 g/mol. The topological polar surface area (TPSA) is 86.9 Å². The second kappa shape index (κ2) is 15.8. The van der Waals surface area contributed by atoms with Gasteiger partial charge >= 0.3 is 0 Å². The lowest BCUT2D eigenvalue weighted by Crippen LogP contribution is -2.39. The lowest BCUT2D eigenvalue weighted by molar-refractivity contribution is 0.0777. The number of carbonyl (C=O) groups is 1. The van der Waals surface area contributed by atoms with Gasteiger partial charge in [0.25, 0.3) is 5.91 Å². The Hall–Kier alpha value is -3.81. The zero-order valence-corrected chi connectivity index (χ0v) is 29.8. The predicted molar refractivity (Wildman–Crippen MR) is 195 cm³/mol. The minimum atomic E-state index is -0.291. The van der Waals surface area contributed by atoms with Crippen LogP contribution in [0.1, 0.15) is 47.7 Å². The van der Waals surface area contributed by atoms with E-state index >= 15 is 0 Å². The minimum absolute atomic E-state index is 0.0868. The Labute approximate surface area is 298 Å². The molecule has 6 rings (SSSR count). The molecule has 0 radical (unpaired) electrons. The molecular weight excluding hydrogens is 659 g/mol. The summed E-state index contributed by atoms with van der Waals surface area (Å²) in [4.78, 5) is 26.0. The van der Waals surface area contributed by atoms with E-state index in [1.165, 1.54) is 0 Å². The van der Waals surface area contributed by atoms with Gasteiger partial charge in [-0.2, -0.15) is 5.26 Å². The molecular formula is C38H44Cl2N6O3. The van der Waals surface area contributed by atoms with Crippen molar-refractivity contribution in [3.05, 3.63) is 87.4 Å². The van der Waals surface area contributed by atoms with Crippen molar-refractivity contribution < 1.29 is 14.3 Å². The number of aromatic nitrogens is 2. The Bertz CT molecular complexity index is 1820. The van der Waals surface area contributed by atoms with Crippen LogP contribution in [0.3, 0.4) is 0 Å². The summed E-state index contributed by atoms with van der Waals surface area (Å²) in [6.07, 6.45) is 2.93. The third kappa shape index (κ3) is 7.68. The number of rotatable bonds is 12. The van der Waals surface area contributed by atoms with Crippen molar-refractivity contribution >= 4 is 46.1 Å². The summed E-state index contributed by atoms with van der Waals surface area (Å²) < 4.78 is 13.6. The fraction of sp³-hybridized carbons (Fsp3) is 0.447. The number of anilines is 1. The van der Waals surface area contributed by atoms with Crippen LogP contribution in [0.15, 0.2) is 60.7 Å². The summed E-state index contributed by atoms with van der Waals surface area (Å²) in [6, 6.07) is 21.8. The van der Waals surface area contributed by atoms with Crippen LogP contribution < -0.4 is 9.64 Å². The molecule has 9 nitrogen and oxygen atoms in total. The van der Waals surface area contributed by atoms with E-state index in [0.29, 0.717) is 47.7 Å². The number of para-hydroxylation sites is 2. The molecule has 2 aliphatic heterocycles. The Kier molecular flexibility index (Phi) is 11.3. The molecule has 11 heteroatoms. The molecule has 2 fully saturated rings. The van der Waals surface area contributed by atoms with Crippen LogP contribution in [0.5, 0.6) is 5.75 Å². The number of ether oxygens (including phenoxy) is 2. The summed E-state index contributed by atoms with van der Waals surface area (Å²) in [5.74, 6) is 1.43. The first-order valence-corrected chi connectivity index (χ1v) is 17.9. The molecule has 0 aliphatic carbocycles. The van der Waals surface area contributed by atoms with Gasteiger partial charge in [0.2, 0.25) is 5.95 Å². The van der Waals surface area contributed by atoms with E-state index in [9.17, 15) is 10.1 Å². The van der Waals surface area contributed by atoms with Gasteiger partial charge in [0.1, 0.15) is 5.75 Å². The molecule has 1 atom stereocenters. The van der Waals surface area contributed by atoms with Crippen LogP contribution in [0.25, 0.3) is 11.0 Å². The smallest absolute Gasteiger partial charge is 0.257 e. The highest BCUT2D eigenvalue weighted by atomic mass is 35.5. The summed E-state index contributed by atoms with van der Waals surface area (Å²) in [5.41, 5.74) is 4.23.